The van der Waals surface area contributed by atoms with E-state index in [1.165, 1.54) is 6.42 Å². The molecule has 2 aromatic heterocycles. The molecule has 6 nitrogen and oxygen atoms in total. The van der Waals surface area contributed by atoms with Gasteiger partial charge in [0.2, 0.25) is 5.91 Å². The van der Waals surface area contributed by atoms with E-state index in [2.05, 4.69) is 20.5 Å². The number of hydrogen-bond acceptors (Lipinski definition) is 4. The molecule has 1 N–H and O–H groups in total. The molecular weight excluding hydrogens is 254 g/mol. The van der Waals surface area contributed by atoms with E-state index in [0.717, 1.165) is 37.2 Å². The van der Waals surface area contributed by atoms with Crippen molar-refractivity contribution in [2.75, 3.05) is 5.32 Å². The molecule has 0 aliphatic heterocycles. The molecule has 0 radical (unpaired) electrons. The van der Waals surface area contributed by atoms with E-state index in [-0.39, 0.29) is 11.8 Å². The zero-order valence-electron chi connectivity index (χ0n) is 11.2. The standard InChI is InChI=1S/C14H17N5O/c20-14(11-4-2-1-3-5-11)18-12-6-7-13(15-8-12)19-9-16-17-10-19/h6-11H,1-5H2,(H,18,20). The summed E-state index contributed by atoms with van der Waals surface area (Å²) < 4.78 is 1.72. The molecule has 2 heterocycles. The van der Waals surface area contributed by atoms with Gasteiger partial charge >= 0.3 is 0 Å². The number of carbonyl (C=O) groups is 1. The van der Waals surface area contributed by atoms with Gasteiger partial charge in [0.1, 0.15) is 18.5 Å². The molecule has 1 fully saturated rings. The Bertz CT molecular complexity index is 558. The lowest BCUT2D eigenvalue weighted by atomic mass is 9.88. The number of pyridine rings is 1. The van der Waals surface area contributed by atoms with Gasteiger partial charge in [-0.25, -0.2) is 4.98 Å². The lowest BCUT2D eigenvalue weighted by Gasteiger charge is -2.20. The van der Waals surface area contributed by atoms with E-state index in [1.807, 2.05) is 12.1 Å². The molecule has 2 aromatic rings. The van der Waals surface area contributed by atoms with Crippen LogP contribution < -0.4 is 5.32 Å². The summed E-state index contributed by atoms with van der Waals surface area (Å²) in [5.74, 6) is 0.996. The van der Waals surface area contributed by atoms with Gasteiger partial charge in [0.05, 0.1) is 11.9 Å². The Kier molecular flexibility index (Phi) is 3.71. The highest BCUT2D eigenvalue weighted by molar-refractivity contribution is 5.92. The molecule has 0 atom stereocenters. The predicted octanol–water partition coefficient (Wildman–Crippen LogP) is 2.18. The van der Waals surface area contributed by atoms with Crippen LogP contribution in [0.1, 0.15) is 32.1 Å². The fourth-order valence-electron chi connectivity index (χ4n) is 2.54. The molecule has 104 valence electrons. The fourth-order valence-corrected chi connectivity index (χ4v) is 2.54. The maximum Gasteiger partial charge on any atom is 0.227 e. The Balaban J connectivity index is 1.64. The Morgan fingerprint density at radius 3 is 2.55 bits per heavy atom. The van der Waals surface area contributed by atoms with Crippen LogP contribution in [-0.4, -0.2) is 25.7 Å². The van der Waals surface area contributed by atoms with Crippen LogP contribution in [0.2, 0.25) is 0 Å². The van der Waals surface area contributed by atoms with Crippen LogP contribution in [-0.2, 0) is 4.79 Å². The van der Waals surface area contributed by atoms with Crippen LogP contribution in [0.3, 0.4) is 0 Å². The van der Waals surface area contributed by atoms with Crippen molar-refractivity contribution in [1.29, 1.82) is 0 Å². The number of carbonyl (C=O) groups excluding carboxylic acids is 1. The number of rotatable bonds is 3. The van der Waals surface area contributed by atoms with Gasteiger partial charge in [-0.15, -0.1) is 10.2 Å². The molecule has 1 saturated carbocycles. The van der Waals surface area contributed by atoms with Crippen LogP contribution in [0.4, 0.5) is 5.69 Å². The largest absolute Gasteiger partial charge is 0.324 e. The summed E-state index contributed by atoms with van der Waals surface area (Å²) in [7, 11) is 0. The average molecular weight is 271 g/mol. The number of aromatic nitrogens is 4. The van der Waals surface area contributed by atoms with E-state index < -0.39 is 0 Å². The first-order valence-corrected chi connectivity index (χ1v) is 6.95. The predicted molar refractivity (Wildman–Crippen MR) is 74.4 cm³/mol. The highest BCUT2D eigenvalue weighted by Crippen LogP contribution is 2.24. The van der Waals surface area contributed by atoms with Crippen LogP contribution in [0.15, 0.2) is 31.0 Å². The van der Waals surface area contributed by atoms with Gasteiger partial charge in [0, 0.05) is 5.92 Å². The van der Waals surface area contributed by atoms with Crippen molar-refractivity contribution in [3.63, 3.8) is 0 Å². The number of hydrogen-bond donors (Lipinski definition) is 1. The number of anilines is 1. The van der Waals surface area contributed by atoms with Crippen molar-refractivity contribution >= 4 is 11.6 Å². The summed E-state index contributed by atoms with van der Waals surface area (Å²) in [5.41, 5.74) is 0.734. The summed E-state index contributed by atoms with van der Waals surface area (Å²) in [4.78, 5) is 16.4. The van der Waals surface area contributed by atoms with Crippen molar-refractivity contribution in [3.05, 3.63) is 31.0 Å². The summed E-state index contributed by atoms with van der Waals surface area (Å²) >= 11 is 0. The molecule has 1 aliphatic carbocycles. The third kappa shape index (κ3) is 2.84. The van der Waals surface area contributed by atoms with Crippen molar-refractivity contribution in [3.8, 4) is 5.82 Å². The van der Waals surface area contributed by atoms with Gasteiger partial charge in [-0.1, -0.05) is 19.3 Å². The zero-order valence-corrected chi connectivity index (χ0v) is 11.2. The van der Waals surface area contributed by atoms with Gasteiger partial charge in [-0.05, 0) is 25.0 Å². The molecule has 3 rings (SSSR count). The minimum absolute atomic E-state index is 0.114. The monoisotopic (exact) mass is 271 g/mol. The van der Waals surface area contributed by atoms with Crippen LogP contribution in [0.25, 0.3) is 5.82 Å². The first kappa shape index (κ1) is 12.8. The molecule has 0 bridgehead atoms. The molecular formula is C14H17N5O. The zero-order chi connectivity index (χ0) is 13.8. The number of nitrogens with one attached hydrogen (secondary N) is 1. The fraction of sp³-hybridized carbons (Fsp3) is 0.429. The quantitative estimate of drug-likeness (QED) is 0.928. The Hall–Kier alpha value is -2.24. The second kappa shape index (κ2) is 5.81. The highest BCUT2D eigenvalue weighted by Gasteiger charge is 2.20. The van der Waals surface area contributed by atoms with Gasteiger partial charge in [-0.3, -0.25) is 9.36 Å². The van der Waals surface area contributed by atoms with Gasteiger partial charge in [-0.2, -0.15) is 0 Å². The first-order valence-electron chi connectivity index (χ1n) is 6.95. The summed E-state index contributed by atoms with van der Waals surface area (Å²) in [5, 5.41) is 10.4. The number of nitrogens with zero attached hydrogens (tertiary/aromatic N) is 4. The van der Waals surface area contributed by atoms with Crippen LogP contribution in [0, 0.1) is 5.92 Å². The molecule has 1 amide bonds. The van der Waals surface area contributed by atoms with Crippen molar-refractivity contribution in [2.24, 2.45) is 5.92 Å². The molecule has 1 aliphatic rings. The SMILES string of the molecule is O=C(Nc1ccc(-n2cnnc2)nc1)C1CCCCC1. The second-order valence-corrected chi connectivity index (χ2v) is 5.10. The van der Waals surface area contributed by atoms with Gasteiger partial charge in [0.25, 0.3) is 0 Å². The van der Waals surface area contributed by atoms with Gasteiger partial charge in [0.15, 0.2) is 0 Å². The summed E-state index contributed by atoms with van der Waals surface area (Å²) in [6, 6.07) is 3.68. The summed E-state index contributed by atoms with van der Waals surface area (Å²) in [6.45, 7) is 0. The minimum Gasteiger partial charge on any atom is -0.324 e. The molecule has 0 saturated heterocycles. The van der Waals surface area contributed by atoms with Crippen molar-refractivity contribution in [1.82, 2.24) is 19.7 Å². The van der Waals surface area contributed by atoms with E-state index in [4.69, 9.17) is 0 Å². The third-order valence-electron chi connectivity index (χ3n) is 3.67. The maximum absolute atomic E-state index is 12.1. The van der Waals surface area contributed by atoms with E-state index in [1.54, 1.807) is 23.4 Å². The topological polar surface area (TPSA) is 72.7 Å². The maximum atomic E-state index is 12.1. The van der Waals surface area contributed by atoms with Crippen molar-refractivity contribution in [2.45, 2.75) is 32.1 Å². The lowest BCUT2D eigenvalue weighted by molar-refractivity contribution is -0.120. The second-order valence-electron chi connectivity index (χ2n) is 5.10. The molecule has 0 aromatic carbocycles. The Morgan fingerprint density at radius 1 is 1.15 bits per heavy atom. The van der Waals surface area contributed by atoms with E-state index >= 15 is 0 Å². The normalized spacial score (nSPS) is 16.0. The van der Waals surface area contributed by atoms with Crippen molar-refractivity contribution < 1.29 is 4.79 Å². The molecule has 0 unspecified atom stereocenters. The van der Waals surface area contributed by atoms with Crippen LogP contribution >= 0.6 is 0 Å². The summed E-state index contributed by atoms with van der Waals surface area (Å²) in [6.07, 6.45) is 10.4. The highest BCUT2D eigenvalue weighted by atomic mass is 16.1. The van der Waals surface area contributed by atoms with E-state index in [9.17, 15) is 4.79 Å². The minimum atomic E-state index is 0.114. The lowest BCUT2D eigenvalue weighted by Crippen LogP contribution is -2.24. The molecule has 20 heavy (non-hydrogen) atoms. The van der Waals surface area contributed by atoms with Crippen LogP contribution in [0.5, 0.6) is 0 Å². The Labute approximate surface area is 117 Å². The molecule has 0 spiro atoms. The van der Waals surface area contributed by atoms with Gasteiger partial charge < -0.3 is 5.32 Å². The third-order valence-corrected chi connectivity index (χ3v) is 3.67. The first-order chi connectivity index (χ1) is 9.83. The molecule has 6 heteroatoms. The average Bonchev–Trinajstić information content (AvgIpc) is 3.03. The Morgan fingerprint density at radius 2 is 1.90 bits per heavy atom. The smallest absolute Gasteiger partial charge is 0.227 e. The number of amides is 1. The van der Waals surface area contributed by atoms with E-state index in [0.29, 0.717) is 0 Å².